The van der Waals surface area contributed by atoms with Crippen LogP contribution in [0.5, 0.6) is 0 Å². The van der Waals surface area contributed by atoms with Crippen molar-refractivity contribution in [3.8, 4) is 0 Å². The Morgan fingerprint density at radius 3 is 2.19 bits per heavy atom. The van der Waals surface area contributed by atoms with Gasteiger partial charge in [0.1, 0.15) is 42.7 Å². The molecule has 0 aromatic carbocycles. The number of allylic oxidation sites excluding steroid dienone is 1. The summed E-state index contributed by atoms with van der Waals surface area (Å²) < 4.78 is 58.3. The SMILES string of the molecule is COC1C(OCC2C(C)OC(=O)/C=C/C(C)C(OC3OC(C)CC4(OC(=O)OC4C)C3O)C(C)CC(C)C(=O)/C=C/C3OC32)OC(C)C(O)C1OC. The molecular weight excluding hydrogens is 684 g/mol. The molecule has 0 saturated carbocycles. The van der Waals surface area contributed by atoms with E-state index in [4.69, 9.17) is 47.4 Å². The first-order valence-corrected chi connectivity index (χ1v) is 18.3. The molecule has 0 aromatic heterocycles. The lowest BCUT2D eigenvalue weighted by Gasteiger charge is -2.46. The van der Waals surface area contributed by atoms with E-state index in [1.165, 1.54) is 26.4 Å². The van der Waals surface area contributed by atoms with Gasteiger partial charge in [-0.25, -0.2) is 9.59 Å². The van der Waals surface area contributed by atoms with Crippen molar-refractivity contribution in [3.63, 3.8) is 0 Å². The molecule has 5 aliphatic rings. The van der Waals surface area contributed by atoms with Crippen LogP contribution in [-0.2, 0) is 57.0 Å². The number of aliphatic hydroxyl groups is 2. The number of esters is 1. The maximum atomic E-state index is 13.4. The molecule has 5 rings (SSSR count). The van der Waals surface area contributed by atoms with E-state index in [2.05, 4.69) is 0 Å². The highest BCUT2D eigenvalue weighted by molar-refractivity contribution is 5.91. The summed E-state index contributed by atoms with van der Waals surface area (Å²) in [6, 6.07) is 0. The zero-order valence-corrected chi connectivity index (χ0v) is 31.4. The van der Waals surface area contributed by atoms with Crippen molar-refractivity contribution in [3.05, 3.63) is 24.3 Å². The van der Waals surface area contributed by atoms with Gasteiger partial charge in [0.25, 0.3) is 0 Å². The number of cyclic esters (lactones) is 2. The summed E-state index contributed by atoms with van der Waals surface area (Å²) in [4.78, 5) is 38.7. The van der Waals surface area contributed by atoms with Gasteiger partial charge in [-0.3, -0.25) is 4.79 Å². The zero-order chi connectivity index (χ0) is 38.1. The van der Waals surface area contributed by atoms with Gasteiger partial charge in [-0.05, 0) is 52.2 Å². The predicted molar refractivity (Wildman–Crippen MR) is 181 cm³/mol. The highest BCUT2D eigenvalue weighted by atomic mass is 16.8. The van der Waals surface area contributed by atoms with E-state index in [1.54, 1.807) is 39.8 Å². The zero-order valence-electron chi connectivity index (χ0n) is 31.4. The number of aliphatic hydroxyl groups excluding tert-OH is 2. The summed E-state index contributed by atoms with van der Waals surface area (Å²) in [5, 5.41) is 22.0. The van der Waals surface area contributed by atoms with E-state index >= 15 is 0 Å². The molecule has 15 nitrogen and oxygen atoms in total. The van der Waals surface area contributed by atoms with E-state index in [0.717, 1.165) is 0 Å². The normalized spacial score (nSPS) is 48.7. The fourth-order valence-corrected chi connectivity index (χ4v) is 7.99. The second-order valence-corrected chi connectivity index (χ2v) is 15.0. The van der Waals surface area contributed by atoms with Crippen LogP contribution in [0.1, 0.15) is 61.3 Å². The highest BCUT2D eigenvalue weighted by Gasteiger charge is 2.61. The minimum absolute atomic E-state index is 0.0493. The number of fused-ring (bicyclic) bond motifs is 1. The third-order valence-corrected chi connectivity index (χ3v) is 11.2. The molecule has 52 heavy (non-hydrogen) atoms. The van der Waals surface area contributed by atoms with Gasteiger partial charge in [0.2, 0.25) is 0 Å². The number of hydrogen-bond donors (Lipinski definition) is 2. The minimum atomic E-state index is -1.36. The Labute approximate surface area is 305 Å². The van der Waals surface area contributed by atoms with Crippen molar-refractivity contribution in [1.29, 1.82) is 0 Å². The number of carbonyl (C=O) groups excluding carboxylic acids is 3. The summed E-state index contributed by atoms with van der Waals surface area (Å²) in [7, 11) is 2.96. The van der Waals surface area contributed by atoms with Crippen LogP contribution in [0.2, 0.25) is 0 Å². The van der Waals surface area contributed by atoms with Gasteiger partial charge in [0.15, 0.2) is 24.0 Å². The Bertz CT molecular complexity index is 1320. The van der Waals surface area contributed by atoms with Gasteiger partial charge in [-0.1, -0.05) is 26.8 Å². The quantitative estimate of drug-likeness (QED) is 0.286. The monoisotopic (exact) mass is 740 g/mol. The third-order valence-electron chi connectivity index (χ3n) is 11.2. The van der Waals surface area contributed by atoms with Crippen molar-refractivity contribution in [2.24, 2.45) is 23.7 Å². The van der Waals surface area contributed by atoms with Crippen molar-refractivity contribution in [2.45, 2.75) is 147 Å². The average Bonchev–Trinajstić information content (AvgIpc) is 3.79. The number of rotatable bonds is 7. The summed E-state index contributed by atoms with van der Waals surface area (Å²) in [5.41, 5.74) is -1.35. The average molecular weight is 741 g/mol. The Kier molecular flexibility index (Phi) is 13.2. The Balaban J connectivity index is 1.34. The van der Waals surface area contributed by atoms with Crippen LogP contribution in [0.25, 0.3) is 0 Å². The molecule has 18 atom stereocenters. The lowest BCUT2D eigenvalue weighted by molar-refractivity contribution is -0.308. The number of methoxy groups -OCH3 is 2. The molecule has 5 aliphatic heterocycles. The second-order valence-electron chi connectivity index (χ2n) is 15.0. The van der Waals surface area contributed by atoms with Crippen LogP contribution in [-0.4, -0.2) is 134 Å². The van der Waals surface area contributed by atoms with E-state index in [1.807, 2.05) is 20.8 Å². The molecule has 0 amide bonds. The summed E-state index contributed by atoms with van der Waals surface area (Å²) in [5.74, 6) is -2.20. The topological polar surface area (TPSA) is 187 Å². The van der Waals surface area contributed by atoms with Gasteiger partial charge in [-0.2, -0.15) is 0 Å². The molecule has 15 heteroatoms. The molecule has 0 radical (unpaired) electrons. The van der Waals surface area contributed by atoms with Crippen molar-refractivity contribution < 1.29 is 72.0 Å². The molecule has 5 heterocycles. The standard InChI is InChI=1S/C37H56O15/c1-17-10-13-27(39)47-21(5)24(16-45-34-32(44-9)31(43-8)28(40)22(6)48-34)30-26(50-30)12-11-25(38)18(2)14-19(3)29(17)51-35-33(41)37(15-20(4)46-35)23(7)49-36(42)52-37/h10-13,17-24,26,28-35,40-41H,14-16H2,1-9H3/b12-11+,13-10+. The number of carbonyl (C=O) groups is 3. The molecular formula is C37H56O15. The Hall–Kier alpha value is -2.47. The van der Waals surface area contributed by atoms with Crippen molar-refractivity contribution in [2.75, 3.05) is 20.8 Å². The van der Waals surface area contributed by atoms with Gasteiger partial charge in [0.05, 0.1) is 31.0 Å². The Morgan fingerprint density at radius 2 is 1.54 bits per heavy atom. The maximum Gasteiger partial charge on any atom is 0.509 e. The minimum Gasteiger partial charge on any atom is -0.459 e. The van der Waals surface area contributed by atoms with Gasteiger partial charge in [-0.15, -0.1) is 0 Å². The largest absolute Gasteiger partial charge is 0.509 e. The number of ketones is 1. The molecule has 294 valence electrons. The van der Waals surface area contributed by atoms with Crippen LogP contribution >= 0.6 is 0 Å². The van der Waals surface area contributed by atoms with Crippen molar-refractivity contribution in [1.82, 2.24) is 0 Å². The number of epoxide rings is 1. The number of hydrogen-bond acceptors (Lipinski definition) is 15. The molecule has 1 spiro atoms. The molecule has 4 fully saturated rings. The number of ether oxygens (including phenoxy) is 10. The van der Waals surface area contributed by atoms with Crippen LogP contribution in [0, 0.1) is 23.7 Å². The van der Waals surface area contributed by atoms with Crippen LogP contribution in [0.3, 0.4) is 0 Å². The summed E-state index contributed by atoms with van der Waals surface area (Å²) >= 11 is 0. The van der Waals surface area contributed by atoms with Gasteiger partial charge >= 0.3 is 12.1 Å². The first-order chi connectivity index (χ1) is 24.6. The molecule has 4 saturated heterocycles. The Morgan fingerprint density at radius 1 is 0.827 bits per heavy atom. The first kappa shape index (κ1) is 40.7. The molecule has 0 bridgehead atoms. The van der Waals surface area contributed by atoms with Gasteiger partial charge < -0.3 is 57.6 Å². The van der Waals surface area contributed by atoms with E-state index < -0.39 is 115 Å². The lowest BCUT2D eigenvalue weighted by Crippen LogP contribution is -2.62. The summed E-state index contributed by atoms with van der Waals surface area (Å²) in [6.45, 7) is 12.6. The van der Waals surface area contributed by atoms with Crippen LogP contribution < -0.4 is 0 Å². The predicted octanol–water partition coefficient (Wildman–Crippen LogP) is 2.62. The van der Waals surface area contributed by atoms with E-state index in [9.17, 15) is 24.6 Å². The highest BCUT2D eigenvalue weighted by Crippen LogP contribution is 2.42. The molecule has 2 N–H and O–H groups in total. The van der Waals surface area contributed by atoms with Gasteiger partial charge in [0, 0.05) is 44.5 Å². The maximum absolute atomic E-state index is 13.4. The molecule has 18 unspecified atom stereocenters. The lowest BCUT2D eigenvalue weighted by atomic mass is 9.82. The fourth-order valence-electron chi connectivity index (χ4n) is 7.99. The smallest absolute Gasteiger partial charge is 0.459 e. The van der Waals surface area contributed by atoms with Crippen molar-refractivity contribution >= 4 is 17.9 Å². The fraction of sp³-hybridized carbons (Fsp3) is 0.811. The molecule has 0 aromatic rings. The van der Waals surface area contributed by atoms with E-state index in [-0.39, 0.29) is 24.7 Å². The third kappa shape index (κ3) is 8.74. The second kappa shape index (κ2) is 16.9. The van der Waals surface area contributed by atoms with Crippen LogP contribution in [0.4, 0.5) is 4.79 Å². The first-order valence-electron chi connectivity index (χ1n) is 18.3. The van der Waals surface area contributed by atoms with E-state index in [0.29, 0.717) is 6.42 Å². The van der Waals surface area contributed by atoms with Crippen LogP contribution in [0.15, 0.2) is 24.3 Å². The molecule has 0 aliphatic carbocycles. The summed E-state index contributed by atoms with van der Waals surface area (Å²) in [6.07, 6.45) is -3.65.